The first-order chi connectivity index (χ1) is 9.87. The lowest BCUT2D eigenvalue weighted by molar-refractivity contribution is -0.136. The summed E-state index contributed by atoms with van der Waals surface area (Å²) in [5.41, 5.74) is 0.401. The summed E-state index contributed by atoms with van der Waals surface area (Å²) in [6, 6.07) is 6.50. The summed E-state index contributed by atoms with van der Waals surface area (Å²) in [7, 11) is 0. The van der Waals surface area contributed by atoms with Crippen LogP contribution in [0.5, 0.6) is 0 Å². The van der Waals surface area contributed by atoms with E-state index in [0.717, 1.165) is 4.90 Å². The van der Waals surface area contributed by atoms with Gasteiger partial charge in [-0.05, 0) is 24.5 Å². The van der Waals surface area contributed by atoms with E-state index in [9.17, 15) is 14.4 Å². The molecule has 1 unspecified atom stereocenters. The van der Waals surface area contributed by atoms with E-state index >= 15 is 0 Å². The molecule has 0 aliphatic carbocycles. The van der Waals surface area contributed by atoms with E-state index in [-0.39, 0.29) is 18.9 Å². The number of aliphatic carboxylic acids is 1. The molecule has 2 rings (SSSR count). The summed E-state index contributed by atoms with van der Waals surface area (Å²) in [4.78, 5) is 36.3. The van der Waals surface area contributed by atoms with Crippen molar-refractivity contribution in [2.45, 2.75) is 38.8 Å². The van der Waals surface area contributed by atoms with Crippen LogP contribution in [0.15, 0.2) is 24.3 Å². The normalized spacial score (nSPS) is 21.5. The molecule has 1 aliphatic rings. The highest BCUT2D eigenvalue weighted by molar-refractivity contribution is 6.06. The molecule has 1 saturated heterocycles. The van der Waals surface area contributed by atoms with Gasteiger partial charge in [0, 0.05) is 0 Å². The molecule has 1 fully saturated rings. The third-order valence-corrected chi connectivity index (χ3v) is 3.84. The van der Waals surface area contributed by atoms with Crippen LogP contribution in [-0.2, 0) is 22.6 Å². The van der Waals surface area contributed by atoms with Crippen LogP contribution in [0.4, 0.5) is 4.79 Å². The number of hydrogen-bond donors (Lipinski definition) is 2. The molecule has 0 saturated carbocycles. The van der Waals surface area contributed by atoms with Gasteiger partial charge in [0.25, 0.3) is 5.91 Å². The molecular formula is C15H18N2O4. The van der Waals surface area contributed by atoms with Gasteiger partial charge in [-0.1, -0.05) is 31.2 Å². The minimum Gasteiger partial charge on any atom is -0.481 e. The molecule has 0 bridgehead atoms. The summed E-state index contributed by atoms with van der Waals surface area (Å²) >= 11 is 0. The van der Waals surface area contributed by atoms with Crippen molar-refractivity contribution in [1.82, 2.24) is 10.2 Å². The maximum atomic E-state index is 12.3. The highest BCUT2D eigenvalue weighted by Gasteiger charge is 2.46. The zero-order chi connectivity index (χ0) is 15.6. The first-order valence-corrected chi connectivity index (χ1v) is 6.80. The van der Waals surface area contributed by atoms with Crippen molar-refractivity contribution >= 4 is 17.9 Å². The predicted octanol–water partition coefficient (Wildman–Crippen LogP) is 1.53. The molecule has 1 heterocycles. The number of urea groups is 1. The number of nitrogens with zero attached hydrogens (tertiary/aromatic N) is 1. The fourth-order valence-corrected chi connectivity index (χ4v) is 2.35. The average molecular weight is 290 g/mol. The Morgan fingerprint density at radius 3 is 2.43 bits per heavy atom. The van der Waals surface area contributed by atoms with Crippen LogP contribution >= 0.6 is 0 Å². The van der Waals surface area contributed by atoms with Crippen LogP contribution in [0.3, 0.4) is 0 Å². The SMILES string of the molecule is CCC1(C)NC(=O)N(Cc2ccccc2CC(=O)O)C1=O. The quantitative estimate of drug-likeness (QED) is 0.805. The van der Waals surface area contributed by atoms with E-state index < -0.39 is 17.5 Å². The van der Waals surface area contributed by atoms with Crippen molar-refractivity contribution in [1.29, 1.82) is 0 Å². The molecule has 3 amide bonds. The van der Waals surface area contributed by atoms with Crippen molar-refractivity contribution in [3.8, 4) is 0 Å². The Balaban J connectivity index is 2.25. The topological polar surface area (TPSA) is 86.7 Å². The Morgan fingerprint density at radius 1 is 1.29 bits per heavy atom. The molecule has 2 N–H and O–H groups in total. The number of nitrogens with one attached hydrogen (secondary N) is 1. The molecule has 1 aromatic carbocycles. The minimum atomic E-state index is -0.946. The number of carboxylic acids is 1. The molecule has 1 aromatic rings. The van der Waals surface area contributed by atoms with Gasteiger partial charge in [-0.15, -0.1) is 0 Å². The molecule has 1 aliphatic heterocycles. The van der Waals surface area contributed by atoms with E-state index in [4.69, 9.17) is 5.11 Å². The zero-order valence-corrected chi connectivity index (χ0v) is 12.0. The zero-order valence-electron chi connectivity index (χ0n) is 12.0. The summed E-state index contributed by atoms with van der Waals surface area (Å²) in [5.74, 6) is -1.22. The van der Waals surface area contributed by atoms with Gasteiger partial charge in [0.05, 0.1) is 13.0 Å². The molecule has 1 atom stereocenters. The Kier molecular flexibility index (Phi) is 3.97. The molecule has 0 aromatic heterocycles. The largest absolute Gasteiger partial charge is 0.481 e. The summed E-state index contributed by atoms with van der Waals surface area (Å²) < 4.78 is 0. The number of carbonyl (C=O) groups is 3. The van der Waals surface area contributed by atoms with Crippen LogP contribution in [-0.4, -0.2) is 33.5 Å². The number of rotatable bonds is 5. The highest BCUT2D eigenvalue weighted by atomic mass is 16.4. The van der Waals surface area contributed by atoms with Crippen LogP contribution in [0, 0.1) is 0 Å². The van der Waals surface area contributed by atoms with Gasteiger partial charge in [0.1, 0.15) is 5.54 Å². The van der Waals surface area contributed by atoms with E-state index in [1.54, 1.807) is 31.2 Å². The Labute approximate surface area is 122 Å². The first kappa shape index (κ1) is 15.0. The van der Waals surface area contributed by atoms with Gasteiger partial charge in [0.15, 0.2) is 0 Å². The van der Waals surface area contributed by atoms with E-state index in [1.807, 2.05) is 6.92 Å². The van der Waals surface area contributed by atoms with Crippen molar-refractivity contribution < 1.29 is 19.5 Å². The van der Waals surface area contributed by atoms with Gasteiger partial charge in [-0.2, -0.15) is 0 Å². The van der Waals surface area contributed by atoms with Crippen molar-refractivity contribution in [2.24, 2.45) is 0 Å². The summed E-state index contributed by atoms with van der Waals surface area (Å²) in [6.45, 7) is 3.61. The van der Waals surface area contributed by atoms with Crippen LogP contribution in [0.25, 0.3) is 0 Å². The Hall–Kier alpha value is -2.37. The Bertz CT molecular complexity index is 599. The van der Waals surface area contributed by atoms with Gasteiger partial charge in [0.2, 0.25) is 0 Å². The lowest BCUT2D eigenvalue weighted by atomic mass is 9.99. The lowest BCUT2D eigenvalue weighted by Crippen LogP contribution is -2.43. The average Bonchev–Trinajstić information content (AvgIpc) is 2.64. The number of carboxylic acid groups (broad SMARTS) is 1. The van der Waals surface area contributed by atoms with Crippen LogP contribution in [0.2, 0.25) is 0 Å². The van der Waals surface area contributed by atoms with Gasteiger partial charge >= 0.3 is 12.0 Å². The number of carbonyl (C=O) groups excluding carboxylic acids is 2. The smallest absolute Gasteiger partial charge is 0.325 e. The molecule has 21 heavy (non-hydrogen) atoms. The Morgan fingerprint density at radius 2 is 1.90 bits per heavy atom. The minimum absolute atomic E-state index is 0.0870. The summed E-state index contributed by atoms with van der Waals surface area (Å²) in [5, 5.41) is 11.6. The second-order valence-electron chi connectivity index (χ2n) is 5.35. The first-order valence-electron chi connectivity index (χ1n) is 6.80. The van der Waals surface area contributed by atoms with E-state index in [2.05, 4.69) is 5.32 Å². The third kappa shape index (κ3) is 2.89. The molecule has 112 valence electrons. The maximum Gasteiger partial charge on any atom is 0.325 e. The van der Waals surface area contributed by atoms with Crippen LogP contribution in [0.1, 0.15) is 31.4 Å². The number of hydrogen-bond acceptors (Lipinski definition) is 3. The highest BCUT2D eigenvalue weighted by Crippen LogP contribution is 2.23. The predicted molar refractivity (Wildman–Crippen MR) is 75.6 cm³/mol. The van der Waals surface area contributed by atoms with Crippen LogP contribution < -0.4 is 5.32 Å². The molecule has 6 nitrogen and oxygen atoms in total. The third-order valence-electron chi connectivity index (χ3n) is 3.84. The van der Waals surface area contributed by atoms with Gasteiger partial charge in [-0.3, -0.25) is 14.5 Å². The second kappa shape index (κ2) is 5.55. The standard InChI is InChI=1S/C15H18N2O4/c1-3-15(2)13(20)17(14(21)16-15)9-11-7-5-4-6-10(11)8-12(18)19/h4-7H,3,8-9H2,1-2H3,(H,16,21)(H,18,19). The lowest BCUT2D eigenvalue weighted by Gasteiger charge is -2.20. The fourth-order valence-electron chi connectivity index (χ4n) is 2.35. The van der Waals surface area contributed by atoms with Gasteiger partial charge < -0.3 is 10.4 Å². The van der Waals surface area contributed by atoms with Crippen molar-refractivity contribution in [3.05, 3.63) is 35.4 Å². The molecular weight excluding hydrogens is 272 g/mol. The van der Waals surface area contributed by atoms with Gasteiger partial charge in [-0.25, -0.2) is 4.79 Å². The number of amides is 3. The van der Waals surface area contributed by atoms with Crippen molar-refractivity contribution in [2.75, 3.05) is 0 Å². The molecule has 6 heteroatoms. The number of benzene rings is 1. The number of imide groups is 1. The maximum absolute atomic E-state index is 12.3. The monoisotopic (exact) mass is 290 g/mol. The van der Waals surface area contributed by atoms with E-state index in [1.165, 1.54) is 0 Å². The summed E-state index contributed by atoms with van der Waals surface area (Å²) in [6.07, 6.45) is 0.371. The van der Waals surface area contributed by atoms with Crippen molar-refractivity contribution in [3.63, 3.8) is 0 Å². The van der Waals surface area contributed by atoms with E-state index in [0.29, 0.717) is 17.5 Å². The molecule has 0 radical (unpaired) electrons. The molecule has 0 spiro atoms. The fraction of sp³-hybridized carbons (Fsp3) is 0.400. The second-order valence-corrected chi connectivity index (χ2v) is 5.35.